The first-order valence-corrected chi connectivity index (χ1v) is 6.97. The Morgan fingerprint density at radius 2 is 2.00 bits per heavy atom. The quantitative estimate of drug-likeness (QED) is 0.736. The molecule has 1 heterocycles. The number of halogens is 1. The van der Waals surface area contributed by atoms with Gasteiger partial charge in [0.15, 0.2) is 0 Å². The van der Waals surface area contributed by atoms with Crippen molar-refractivity contribution in [1.29, 1.82) is 0 Å². The van der Waals surface area contributed by atoms with Gasteiger partial charge in [-0.15, -0.1) is 0 Å². The molecule has 0 aliphatic carbocycles. The van der Waals surface area contributed by atoms with Gasteiger partial charge in [-0.3, -0.25) is 4.79 Å². The van der Waals surface area contributed by atoms with Crippen molar-refractivity contribution < 1.29 is 9.21 Å². The predicted octanol–water partition coefficient (Wildman–Crippen LogP) is 4.76. The van der Waals surface area contributed by atoms with Crippen LogP contribution < -0.4 is 5.32 Å². The summed E-state index contributed by atoms with van der Waals surface area (Å²) in [7, 11) is 0. The average Bonchev–Trinajstić information content (AvgIpc) is 2.81. The minimum Gasteiger partial charge on any atom is -0.463 e. The van der Waals surface area contributed by atoms with Crippen molar-refractivity contribution in [2.75, 3.05) is 5.32 Å². The lowest BCUT2D eigenvalue weighted by atomic mass is 10.1. The molecule has 0 fully saturated rings. The Balaban J connectivity index is 1.93. The molecular weight excluding hydrogens is 318 g/mol. The van der Waals surface area contributed by atoms with Crippen LogP contribution in [0, 0.1) is 6.92 Å². The molecule has 0 unspecified atom stereocenters. The highest BCUT2D eigenvalue weighted by molar-refractivity contribution is 9.10. The molecule has 1 N–H and O–H groups in total. The number of benzene rings is 2. The molecule has 0 spiro atoms. The van der Waals surface area contributed by atoms with E-state index in [0.717, 1.165) is 21.1 Å². The van der Waals surface area contributed by atoms with Gasteiger partial charge < -0.3 is 9.73 Å². The maximum atomic E-state index is 12.3. The molecule has 0 bridgehead atoms. The van der Waals surface area contributed by atoms with E-state index in [0.29, 0.717) is 11.1 Å². The number of anilines is 1. The number of hydrogen-bond donors (Lipinski definition) is 1. The van der Waals surface area contributed by atoms with Gasteiger partial charge in [0.25, 0.3) is 5.91 Å². The monoisotopic (exact) mass is 329 g/mol. The number of carbonyl (C=O) groups excluding carboxylic acids is 1. The molecule has 20 heavy (non-hydrogen) atoms. The molecule has 2 aromatic carbocycles. The molecule has 0 saturated heterocycles. The van der Waals surface area contributed by atoms with Crippen LogP contribution >= 0.6 is 15.9 Å². The van der Waals surface area contributed by atoms with Gasteiger partial charge >= 0.3 is 0 Å². The lowest BCUT2D eigenvalue weighted by Crippen LogP contribution is -2.11. The molecule has 3 nitrogen and oxygen atoms in total. The zero-order valence-electron chi connectivity index (χ0n) is 10.8. The molecule has 4 heteroatoms. The van der Waals surface area contributed by atoms with Crippen LogP contribution in [0.25, 0.3) is 11.0 Å². The smallest absolute Gasteiger partial charge is 0.259 e. The molecule has 0 saturated carbocycles. The summed E-state index contributed by atoms with van der Waals surface area (Å²) >= 11 is 3.42. The predicted molar refractivity (Wildman–Crippen MR) is 83.0 cm³/mol. The average molecular weight is 330 g/mol. The van der Waals surface area contributed by atoms with Gasteiger partial charge in [0.05, 0.1) is 5.56 Å². The maximum absolute atomic E-state index is 12.3. The van der Waals surface area contributed by atoms with Crippen LogP contribution in [0.1, 0.15) is 15.9 Å². The Morgan fingerprint density at radius 1 is 1.20 bits per heavy atom. The minimum atomic E-state index is -0.174. The Kier molecular flexibility index (Phi) is 3.32. The van der Waals surface area contributed by atoms with Crippen molar-refractivity contribution in [2.45, 2.75) is 6.92 Å². The maximum Gasteiger partial charge on any atom is 0.259 e. The van der Waals surface area contributed by atoms with E-state index in [-0.39, 0.29) is 5.91 Å². The van der Waals surface area contributed by atoms with Crippen molar-refractivity contribution in [1.82, 2.24) is 0 Å². The molecule has 3 aromatic rings. The second-order valence-electron chi connectivity index (χ2n) is 4.62. The Labute approximate surface area is 124 Å². The normalized spacial score (nSPS) is 10.7. The van der Waals surface area contributed by atoms with E-state index < -0.39 is 0 Å². The van der Waals surface area contributed by atoms with Gasteiger partial charge in [0.1, 0.15) is 11.8 Å². The third-order valence-corrected chi connectivity index (χ3v) is 3.48. The summed E-state index contributed by atoms with van der Waals surface area (Å²) in [6.07, 6.45) is 1.49. The van der Waals surface area contributed by atoms with E-state index in [2.05, 4.69) is 21.2 Å². The van der Waals surface area contributed by atoms with Crippen molar-refractivity contribution in [3.05, 3.63) is 64.3 Å². The second-order valence-corrected chi connectivity index (χ2v) is 5.53. The summed E-state index contributed by atoms with van der Waals surface area (Å²) in [5.41, 5.74) is 3.08. The summed E-state index contributed by atoms with van der Waals surface area (Å²) in [5.74, 6) is -0.174. The number of furan rings is 1. The molecule has 1 amide bonds. The first-order valence-electron chi connectivity index (χ1n) is 6.18. The number of para-hydroxylation sites is 1. The first-order chi connectivity index (χ1) is 9.63. The number of aryl methyl sites for hydroxylation is 1. The van der Waals surface area contributed by atoms with Crippen LogP contribution in [-0.2, 0) is 0 Å². The third kappa shape index (κ3) is 2.47. The van der Waals surface area contributed by atoms with E-state index in [1.54, 1.807) is 0 Å². The fourth-order valence-electron chi connectivity index (χ4n) is 2.16. The van der Waals surface area contributed by atoms with Crippen molar-refractivity contribution in [2.24, 2.45) is 0 Å². The zero-order valence-corrected chi connectivity index (χ0v) is 12.4. The summed E-state index contributed by atoms with van der Waals surface area (Å²) in [6, 6.07) is 13.3. The SMILES string of the molecule is Cc1cc(Br)cc(NC(=O)c2coc3ccccc23)c1. The van der Waals surface area contributed by atoms with E-state index in [1.807, 2.05) is 49.4 Å². The largest absolute Gasteiger partial charge is 0.463 e. The van der Waals surface area contributed by atoms with Gasteiger partial charge in [-0.05, 0) is 36.8 Å². The van der Waals surface area contributed by atoms with E-state index in [9.17, 15) is 4.79 Å². The lowest BCUT2D eigenvalue weighted by Gasteiger charge is -2.06. The number of rotatable bonds is 2. The topological polar surface area (TPSA) is 42.2 Å². The van der Waals surface area contributed by atoms with E-state index in [4.69, 9.17) is 4.42 Å². The number of nitrogens with one attached hydrogen (secondary N) is 1. The van der Waals surface area contributed by atoms with Crippen molar-refractivity contribution in [3.8, 4) is 0 Å². The number of fused-ring (bicyclic) bond motifs is 1. The van der Waals surface area contributed by atoms with Gasteiger partial charge in [-0.25, -0.2) is 0 Å². The molecule has 0 atom stereocenters. The van der Waals surface area contributed by atoms with E-state index >= 15 is 0 Å². The summed E-state index contributed by atoms with van der Waals surface area (Å²) in [4.78, 5) is 12.3. The molecular formula is C16H12BrNO2. The first kappa shape index (κ1) is 12.9. The van der Waals surface area contributed by atoms with Crippen molar-refractivity contribution >= 4 is 38.5 Å². The highest BCUT2D eigenvalue weighted by Crippen LogP contribution is 2.23. The molecule has 0 aliphatic heterocycles. The minimum absolute atomic E-state index is 0.174. The van der Waals surface area contributed by atoms with Crippen LogP contribution in [0.3, 0.4) is 0 Å². The highest BCUT2D eigenvalue weighted by Gasteiger charge is 2.13. The van der Waals surface area contributed by atoms with Crippen molar-refractivity contribution in [3.63, 3.8) is 0 Å². The Hall–Kier alpha value is -2.07. The second kappa shape index (κ2) is 5.13. The van der Waals surface area contributed by atoms with Crippen LogP contribution in [-0.4, -0.2) is 5.91 Å². The van der Waals surface area contributed by atoms with Crippen LogP contribution in [0.15, 0.2) is 57.6 Å². The fourth-order valence-corrected chi connectivity index (χ4v) is 2.77. The number of carbonyl (C=O) groups is 1. The van der Waals surface area contributed by atoms with Gasteiger partial charge in [-0.1, -0.05) is 34.1 Å². The Morgan fingerprint density at radius 3 is 2.80 bits per heavy atom. The standard InChI is InChI=1S/C16H12BrNO2/c1-10-6-11(17)8-12(7-10)18-16(19)14-9-20-15-5-3-2-4-13(14)15/h2-9H,1H3,(H,18,19). The summed E-state index contributed by atoms with van der Waals surface area (Å²) in [5, 5.41) is 3.71. The fraction of sp³-hybridized carbons (Fsp3) is 0.0625. The van der Waals surface area contributed by atoms with Gasteiger partial charge in [0, 0.05) is 15.5 Å². The molecule has 1 aromatic heterocycles. The van der Waals surface area contributed by atoms with Gasteiger partial charge in [0.2, 0.25) is 0 Å². The zero-order chi connectivity index (χ0) is 14.1. The number of amides is 1. The number of hydrogen-bond acceptors (Lipinski definition) is 2. The highest BCUT2D eigenvalue weighted by atomic mass is 79.9. The third-order valence-electron chi connectivity index (χ3n) is 3.03. The molecule has 0 aliphatic rings. The van der Waals surface area contributed by atoms with E-state index in [1.165, 1.54) is 6.26 Å². The Bertz CT molecular complexity index is 772. The van der Waals surface area contributed by atoms with Crippen LogP contribution in [0.4, 0.5) is 5.69 Å². The van der Waals surface area contributed by atoms with Gasteiger partial charge in [-0.2, -0.15) is 0 Å². The molecule has 0 radical (unpaired) electrons. The summed E-state index contributed by atoms with van der Waals surface area (Å²) in [6.45, 7) is 1.98. The lowest BCUT2D eigenvalue weighted by molar-refractivity contribution is 0.102. The molecule has 3 rings (SSSR count). The molecule has 100 valence electrons. The summed E-state index contributed by atoms with van der Waals surface area (Å²) < 4.78 is 6.32. The van der Waals surface area contributed by atoms with Crippen LogP contribution in [0.2, 0.25) is 0 Å². The van der Waals surface area contributed by atoms with Crippen LogP contribution in [0.5, 0.6) is 0 Å².